The molecule has 3 fully saturated rings. The lowest BCUT2D eigenvalue weighted by Gasteiger charge is -2.56. The largest absolute Gasteiger partial charge is 0.475 e. The first-order valence-electron chi connectivity index (χ1n) is 11.2. The number of hydrogen-bond donors (Lipinski definition) is 5. The maximum absolute atomic E-state index is 12.7. The summed E-state index contributed by atoms with van der Waals surface area (Å²) in [4.78, 5) is 16.6. The molecular formula is C22H36BClN4O5. The van der Waals surface area contributed by atoms with Crippen molar-refractivity contribution in [3.8, 4) is 0 Å². The number of nitrogens with two attached hydrogens (primary N) is 2. The number of nitrogens with zero attached hydrogens (tertiary/aromatic N) is 1. The maximum Gasteiger partial charge on any atom is 0.475 e. The quantitative estimate of drug-likeness (QED) is 0.144. The van der Waals surface area contributed by atoms with E-state index in [1.165, 1.54) is 5.56 Å². The summed E-state index contributed by atoms with van der Waals surface area (Å²) in [6, 6.07) is 7.57. The third-order valence-electron chi connectivity index (χ3n) is 7.31. The molecule has 0 aromatic heterocycles. The summed E-state index contributed by atoms with van der Waals surface area (Å²) >= 11 is 0. The van der Waals surface area contributed by atoms with E-state index in [4.69, 9.17) is 20.9 Å². The van der Waals surface area contributed by atoms with Crippen molar-refractivity contribution >= 4 is 31.4 Å². The van der Waals surface area contributed by atoms with E-state index in [9.17, 15) is 14.8 Å². The molecule has 9 nitrogen and oxygen atoms in total. The van der Waals surface area contributed by atoms with Gasteiger partial charge in [-0.05, 0) is 56.2 Å². The molecule has 184 valence electrons. The van der Waals surface area contributed by atoms with E-state index in [-0.39, 0.29) is 41.4 Å². The highest BCUT2D eigenvalue weighted by molar-refractivity contribution is 6.43. The van der Waals surface area contributed by atoms with Gasteiger partial charge in [-0.2, -0.15) is 0 Å². The number of aliphatic imine (C=N–C) groups is 1. The van der Waals surface area contributed by atoms with Crippen LogP contribution in [-0.4, -0.2) is 67.4 Å². The fourth-order valence-electron chi connectivity index (χ4n) is 5.30. The van der Waals surface area contributed by atoms with Gasteiger partial charge >= 0.3 is 7.12 Å². The van der Waals surface area contributed by atoms with Crippen molar-refractivity contribution in [1.29, 1.82) is 0 Å². The van der Waals surface area contributed by atoms with Crippen LogP contribution in [0.1, 0.15) is 60.9 Å². The zero-order valence-electron chi connectivity index (χ0n) is 19.3. The van der Waals surface area contributed by atoms with Gasteiger partial charge < -0.3 is 36.3 Å². The van der Waals surface area contributed by atoms with Crippen LogP contribution in [-0.2, 0) is 14.9 Å². The molecule has 0 aliphatic heterocycles. The Morgan fingerprint density at radius 1 is 1.21 bits per heavy atom. The predicted octanol–water partition coefficient (Wildman–Crippen LogP) is 0.888. The van der Waals surface area contributed by atoms with Crippen molar-refractivity contribution in [1.82, 2.24) is 5.32 Å². The first-order valence-corrected chi connectivity index (χ1v) is 11.2. The second kappa shape index (κ2) is 11.5. The van der Waals surface area contributed by atoms with Crippen molar-refractivity contribution in [2.75, 3.05) is 20.8 Å². The fourth-order valence-corrected chi connectivity index (χ4v) is 5.30. The molecule has 0 radical (unpaired) electrons. The molecule has 3 aliphatic rings. The molecule has 2 atom stereocenters. The van der Waals surface area contributed by atoms with Gasteiger partial charge in [-0.25, -0.2) is 0 Å². The molecule has 0 saturated heterocycles. The fraction of sp³-hybridized carbons (Fsp3) is 0.636. The second-order valence-electron chi connectivity index (χ2n) is 8.99. The van der Waals surface area contributed by atoms with Gasteiger partial charge in [-0.3, -0.25) is 9.79 Å². The van der Waals surface area contributed by atoms with Gasteiger partial charge in [0.15, 0.2) is 5.96 Å². The highest BCUT2D eigenvalue weighted by Crippen LogP contribution is 2.55. The van der Waals surface area contributed by atoms with Gasteiger partial charge in [-0.15, -0.1) is 12.4 Å². The number of benzene rings is 1. The average molecular weight is 483 g/mol. The van der Waals surface area contributed by atoms with Gasteiger partial charge in [0, 0.05) is 38.2 Å². The van der Waals surface area contributed by atoms with Gasteiger partial charge in [0.25, 0.3) is 5.91 Å². The summed E-state index contributed by atoms with van der Waals surface area (Å²) in [7, 11) is 1.87. The molecule has 1 amide bonds. The summed E-state index contributed by atoms with van der Waals surface area (Å²) in [5, 5.41) is 22.0. The van der Waals surface area contributed by atoms with Crippen LogP contribution in [0.25, 0.3) is 0 Å². The summed E-state index contributed by atoms with van der Waals surface area (Å²) < 4.78 is 11.7. The monoisotopic (exact) mass is 482 g/mol. The van der Waals surface area contributed by atoms with E-state index >= 15 is 0 Å². The van der Waals surface area contributed by atoms with Gasteiger partial charge in [0.05, 0.1) is 17.6 Å². The summed E-state index contributed by atoms with van der Waals surface area (Å²) in [5.41, 5.74) is 12.1. The SMILES string of the molecule is COC1CC2(OC)CCC1(c1ccc(C(=O)N[C@@H](CCCN=C(N)N)B(O)O)cc1)CC2.Cl. The van der Waals surface area contributed by atoms with Crippen LogP contribution in [0.2, 0.25) is 0 Å². The van der Waals surface area contributed by atoms with Crippen molar-refractivity contribution in [3.63, 3.8) is 0 Å². The van der Waals surface area contributed by atoms with Gasteiger partial charge in [0.2, 0.25) is 0 Å². The Morgan fingerprint density at radius 2 is 1.85 bits per heavy atom. The van der Waals surface area contributed by atoms with Crippen LogP contribution < -0.4 is 16.8 Å². The molecule has 7 N–H and O–H groups in total. The Labute approximate surface area is 201 Å². The number of nitrogens with one attached hydrogen (secondary N) is 1. The molecule has 1 unspecified atom stereocenters. The topological polar surface area (TPSA) is 152 Å². The minimum atomic E-state index is -1.68. The van der Waals surface area contributed by atoms with Crippen LogP contribution in [0.5, 0.6) is 0 Å². The molecule has 4 rings (SSSR count). The zero-order valence-corrected chi connectivity index (χ0v) is 20.1. The number of carbonyl (C=O) groups excluding carboxylic acids is 1. The van der Waals surface area contributed by atoms with Crippen molar-refractivity contribution < 1.29 is 24.3 Å². The van der Waals surface area contributed by atoms with Gasteiger partial charge in [0.1, 0.15) is 0 Å². The summed E-state index contributed by atoms with van der Waals surface area (Å²) in [5.74, 6) is -1.19. The minimum Gasteiger partial charge on any atom is -0.426 e. The molecule has 2 bridgehead atoms. The Kier molecular flexibility index (Phi) is 9.57. The Morgan fingerprint density at radius 3 is 2.36 bits per heavy atom. The lowest BCUT2D eigenvalue weighted by molar-refractivity contribution is -0.157. The summed E-state index contributed by atoms with van der Waals surface area (Å²) in [6.45, 7) is 0.350. The number of hydrogen-bond acceptors (Lipinski definition) is 6. The highest BCUT2D eigenvalue weighted by Gasteiger charge is 2.55. The number of halogens is 1. The molecule has 33 heavy (non-hydrogen) atoms. The molecule has 1 aromatic rings. The third-order valence-corrected chi connectivity index (χ3v) is 7.31. The lowest BCUT2D eigenvalue weighted by Crippen LogP contribution is -2.58. The van der Waals surface area contributed by atoms with Crippen LogP contribution in [0.4, 0.5) is 0 Å². The normalized spacial score (nSPS) is 26.7. The highest BCUT2D eigenvalue weighted by atomic mass is 35.5. The number of rotatable bonds is 10. The Bertz CT molecular complexity index is 812. The van der Waals surface area contributed by atoms with Crippen LogP contribution in [0.3, 0.4) is 0 Å². The van der Waals surface area contributed by atoms with E-state index in [1.54, 1.807) is 26.4 Å². The van der Waals surface area contributed by atoms with Gasteiger partial charge in [-0.1, -0.05) is 12.1 Å². The Balaban J connectivity index is 0.00000385. The molecule has 0 heterocycles. The van der Waals surface area contributed by atoms with E-state index < -0.39 is 13.1 Å². The number of fused-ring (bicyclic) bond motifs is 3. The van der Waals surface area contributed by atoms with E-state index in [2.05, 4.69) is 10.3 Å². The van der Waals surface area contributed by atoms with Crippen molar-refractivity contribution in [2.45, 2.75) is 68.0 Å². The molecule has 3 saturated carbocycles. The number of ether oxygens (including phenoxy) is 2. The van der Waals surface area contributed by atoms with E-state index in [1.807, 2.05) is 12.1 Å². The van der Waals surface area contributed by atoms with Crippen LogP contribution in [0, 0.1) is 0 Å². The Hall–Kier alpha value is -1.85. The zero-order chi connectivity index (χ0) is 23.4. The van der Waals surface area contributed by atoms with Crippen molar-refractivity contribution in [2.24, 2.45) is 16.5 Å². The first-order chi connectivity index (χ1) is 15.2. The van der Waals surface area contributed by atoms with E-state index in [0.717, 1.165) is 32.1 Å². The smallest absolute Gasteiger partial charge is 0.426 e. The minimum absolute atomic E-state index is 0. The molecule has 1 aromatic carbocycles. The average Bonchev–Trinajstić information content (AvgIpc) is 2.81. The number of carbonyl (C=O) groups is 1. The second-order valence-corrected chi connectivity index (χ2v) is 8.99. The number of methoxy groups -OCH3 is 2. The predicted molar refractivity (Wildman–Crippen MR) is 130 cm³/mol. The molecule has 3 aliphatic carbocycles. The molecular weight excluding hydrogens is 447 g/mol. The number of guanidine groups is 1. The lowest BCUT2D eigenvalue weighted by atomic mass is 9.54. The third kappa shape index (κ3) is 5.99. The standard InChI is InChI=1S/C22H35BN4O5.ClH/c1-31-17-14-21(32-2)9-11-22(17,12-10-21)16-7-5-15(6-8-16)19(28)27-18(23(29)30)4-3-13-26-20(24)25;/h5-8,17-18,29-30H,3-4,9-14H2,1-2H3,(H,27,28)(H4,24,25,26);1H/t17?,18-,21?,22?;/m0./s1. The first kappa shape index (κ1) is 27.4. The van der Waals surface area contributed by atoms with Crippen molar-refractivity contribution in [3.05, 3.63) is 35.4 Å². The molecule has 11 heteroatoms. The van der Waals surface area contributed by atoms with Crippen LogP contribution >= 0.6 is 12.4 Å². The number of amides is 1. The maximum atomic E-state index is 12.7. The van der Waals surface area contributed by atoms with E-state index in [0.29, 0.717) is 24.9 Å². The van der Waals surface area contributed by atoms with Crippen LogP contribution in [0.15, 0.2) is 29.3 Å². The summed E-state index contributed by atoms with van der Waals surface area (Å²) in [6.07, 6.45) is 5.76. The molecule has 0 spiro atoms.